The van der Waals surface area contributed by atoms with Gasteiger partial charge in [0.15, 0.2) is 0 Å². The molecule has 1 aromatic carbocycles. The Morgan fingerprint density at radius 2 is 2.14 bits per heavy atom. The number of aliphatic hydroxyl groups is 1. The highest BCUT2D eigenvalue weighted by molar-refractivity contribution is 7.89. The number of hydrogen-bond donors (Lipinski definition) is 2. The van der Waals surface area contributed by atoms with Crippen molar-refractivity contribution in [2.24, 2.45) is 5.41 Å². The standard InChI is InChI=1S/C14H15ClN2O3S/c15-11-6-10(3-2-9(11)8-16)21(19,20)17-12-7-13(18)14(12)4-1-5-14/h2-3,6,12-13,17-18H,1,4-5,7H2. The SMILES string of the molecule is N#Cc1ccc(S(=O)(=O)NC2CC(O)C23CCC3)cc1Cl. The van der Waals surface area contributed by atoms with Crippen LogP contribution in [0.4, 0.5) is 0 Å². The summed E-state index contributed by atoms with van der Waals surface area (Å²) >= 11 is 5.88. The molecule has 7 heteroatoms. The van der Waals surface area contributed by atoms with Crippen molar-refractivity contribution in [3.05, 3.63) is 28.8 Å². The molecule has 0 saturated heterocycles. The van der Waals surface area contributed by atoms with Gasteiger partial charge < -0.3 is 5.11 Å². The van der Waals surface area contributed by atoms with Crippen LogP contribution in [0.15, 0.2) is 23.1 Å². The second-order valence-electron chi connectivity index (χ2n) is 5.77. The van der Waals surface area contributed by atoms with E-state index in [4.69, 9.17) is 16.9 Å². The average Bonchev–Trinajstić information content (AvgIpc) is 2.35. The highest BCUT2D eigenvalue weighted by atomic mass is 35.5. The summed E-state index contributed by atoms with van der Waals surface area (Å²) in [6, 6.07) is 5.72. The zero-order valence-corrected chi connectivity index (χ0v) is 12.8. The summed E-state index contributed by atoms with van der Waals surface area (Å²) in [5.41, 5.74) is -0.0335. The molecule has 0 aromatic heterocycles. The Kier molecular flexibility index (Phi) is 3.49. The Balaban J connectivity index is 1.82. The van der Waals surface area contributed by atoms with Crippen molar-refractivity contribution in [2.45, 2.75) is 42.7 Å². The molecule has 2 unspecified atom stereocenters. The lowest BCUT2D eigenvalue weighted by Gasteiger charge is -2.59. The maximum atomic E-state index is 12.4. The van der Waals surface area contributed by atoms with E-state index in [2.05, 4.69) is 4.72 Å². The van der Waals surface area contributed by atoms with E-state index in [0.717, 1.165) is 19.3 Å². The fourth-order valence-electron chi connectivity index (χ4n) is 3.21. The normalized spacial score (nSPS) is 26.7. The first kappa shape index (κ1) is 14.8. The van der Waals surface area contributed by atoms with Crippen molar-refractivity contribution in [2.75, 3.05) is 0 Å². The fourth-order valence-corrected chi connectivity index (χ4v) is 4.85. The van der Waals surface area contributed by atoms with Gasteiger partial charge in [-0.05, 0) is 37.5 Å². The monoisotopic (exact) mass is 326 g/mol. The highest BCUT2D eigenvalue weighted by Gasteiger charge is 2.58. The van der Waals surface area contributed by atoms with Crippen LogP contribution in [-0.4, -0.2) is 25.7 Å². The van der Waals surface area contributed by atoms with E-state index in [1.807, 2.05) is 6.07 Å². The van der Waals surface area contributed by atoms with Crippen molar-refractivity contribution in [3.8, 4) is 6.07 Å². The zero-order valence-electron chi connectivity index (χ0n) is 11.2. The minimum atomic E-state index is -3.69. The smallest absolute Gasteiger partial charge is 0.240 e. The lowest BCUT2D eigenvalue weighted by molar-refractivity contribution is -0.138. The van der Waals surface area contributed by atoms with Crippen LogP contribution in [0, 0.1) is 16.7 Å². The van der Waals surface area contributed by atoms with Gasteiger partial charge in [-0.2, -0.15) is 5.26 Å². The first-order chi connectivity index (χ1) is 9.89. The van der Waals surface area contributed by atoms with E-state index in [9.17, 15) is 13.5 Å². The molecule has 1 spiro atoms. The summed E-state index contributed by atoms with van der Waals surface area (Å²) in [5.74, 6) is 0. The zero-order chi connectivity index (χ0) is 15.3. The summed E-state index contributed by atoms with van der Waals surface area (Å²) in [5, 5.41) is 18.8. The van der Waals surface area contributed by atoms with Crippen molar-refractivity contribution in [1.29, 1.82) is 5.26 Å². The minimum absolute atomic E-state index is 0.0439. The van der Waals surface area contributed by atoms with Gasteiger partial charge in [-0.1, -0.05) is 18.0 Å². The van der Waals surface area contributed by atoms with Crippen LogP contribution in [0.2, 0.25) is 5.02 Å². The van der Waals surface area contributed by atoms with Crippen LogP contribution in [0.5, 0.6) is 0 Å². The van der Waals surface area contributed by atoms with E-state index in [-0.39, 0.29) is 26.9 Å². The Morgan fingerprint density at radius 1 is 1.43 bits per heavy atom. The van der Waals surface area contributed by atoms with Gasteiger partial charge in [0, 0.05) is 11.5 Å². The van der Waals surface area contributed by atoms with Crippen LogP contribution in [0.3, 0.4) is 0 Å². The van der Waals surface area contributed by atoms with E-state index in [0.29, 0.717) is 6.42 Å². The molecule has 21 heavy (non-hydrogen) atoms. The Labute approximate surface area is 128 Å². The maximum absolute atomic E-state index is 12.4. The van der Waals surface area contributed by atoms with Gasteiger partial charge in [0.2, 0.25) is 10.0 Å². The first-order valence-electron chi connectivity index (χ1n) is 6.79. The molecule has 5 nitrogen and oxygen atoms in total. The Bertz CT molecular complexity index is 722. The lowest BCUT2D eigenvalue weighted by atomic mass is 9.51. The van der Waals surface area contributed by atoms with E-state index < -0.39 is 16.1 Å². The number of rotatable bonds is 3. The topological polar surface area (TPSA) is 90.2 Å². The van der Waals surface area contributed by atoms with E-state index in [1.54, 1.807) is 0 Å². The predicted octanol–water partition coefficient (Wildman–Crippen LogP) is 1.79. The van der Waals surface area contributed by atoms with E-state index in [1.165, 1.54) is 18.2 Å². The largest absolute Gasteiger partial charge is 0.392 e. The van der Waals surface area contributed by atoms with E-state index >= 15 is 0 Å². The van der Waals surface area contributed by atoms with Gasteiger partial charge in [0.05, 0.1) is 21.6 Å². The molecular formula is C14H15ClN2O3S. The number of aliphatic hydroxyl groups excluding tert-OH is 1. The molecule has 1 aromatic rings. The predicted molar refractivity (Wildman–Crippen MR) is 77.2 cm³/mol. The molecule has 112 valence electrons. The number of nitriles is 1. The second kappa shape index (κ2) is 4.96. The van der Waals surface area contributed by atoms with Crippen LogP contribution in [0.25, 0.3) is 0 Å². The number of sulfonamides is 1. The third-order valence-corrected chi connectivity index (χ3v) is 6.55. The van der Waals surface area contributed by atoms with Gasteiger partial charge in [0.1, 0.15) is 6.07 Å². The molecule has 2 N–H and O–H groups in total. The van der Waals surface area contributed by atoms with Gasteiger partial charge in [0.25, 0.3) is 0 Å². The van der Waals surface area contributed by atoms with Gasteiger partial charge in [-0.25, -0.2) is 13.1 Å². The third-order valence-electron chi connectivity index (χ3n) is 4.77. The molecular weight excluding hydrogens is 312 g/mol. The van der Waals surface area contributed by atoms with Crippen molar-refractivity contribution in [1.82, 2.24) is 4.72 Å². The Morgan fingerprint density at radius 3 is 2.62 bits per heavy atom. The Hall–Kier alpha value is -1.13. The molecule has 0 bridgehead atoms. The highest BCUT2D eigenvalue weighted by Crippen LogP contribution is 2.56. The molecule has 2 fully saturated rings. The average molecular weight is 327 g/mol. The number of halogens is 1. The van der Waals surface area contributed by atoms with Crippen molar-refractivity contribution < 1.29 is 13.5 Å². The van der Waals surface area contributed by atoms with Gasteiger partial charge in [-0.3, -0.25) is 0 Å². The number of nitrogens with one attached hydrogen (secondary N) is 1. The maximum Gasteiger partial charge on any atom is 0.240 e. The van der Waals surface area contributed by atoms with Crippen LogP contribution in [-0.2, 0) is 10.0 Å². The number of hydrogen-bond acceptors (Lipinski definition) is 4. The number of nitrogens with zero attached hydrogens (tertiary/aromatic N) is 1. The van der Waals surface area contributed by atoms with Crippen LogP contribution in [0.1, 0.15) is 31.2 Å². The lowest BCUT2D eigenvalue weighted by Crippen LogP contribution is -2.66. The second-order valence-corrected chi connectivity index (χ2v) is 7.89. The van der Waals surface area contributed by atoms with Gasteiger partial charge in [-0.15, -0.1) is 0 Å². The number of benzene rings is 1. The third kappa shape index (κ3) is 2.25. The minimum Gasteiger partial charge on any atom is -0.392 e. The van der Waals surface area contributed by atoms with Crippen molar-refractivity contribution in [3.63, 3.8) is 0 Å². The molecule has 2 saturated carbocycles. The molecule has 2 aliphatic carbocycles. The molecule has 2 atom stereocenters. The quantitative estimate of drug-likeness (QED) is 0.886. The first-order valence-corrected chi connectivity index (χ1v) is 8.65. The van der Waals surface area contributed by atoms with Gasteiger partial charge >= 0.3 is 0 Å². The summed E-state index contributed by atoms with van der Waals surface area (Å²) in [7, 11) is -3.69. The molecule has 0 radical (unpaired) electrons. The molecule has 2 aliphatic rings. The van der Waals surface area contributed by atoms with Crippen LogP contribution >= 0.6 is 11.6 Å². The summed E-state index contributed by atoms with van der Waals surface area (Å²) < 4.78 is 27.4. The molecule has 3 rings (SSSR count). The van der Waals surface area contributed by atoms with Crippen molar-refractivity contribution >= 4 is 21.6 Å². The molecule has 0 amide bonds. The summed E-state index contributed by atoms with van der Waals surface area (Å²) in [6.45, 7) is 0. The fraction of sp³-hybridized carbons (Fsp3) is 0.500. The summed E-state index contributed by atoms with van der Waals surface area (Å²) in [4.78, 5) is 0.0439. The van der Waals surface area contributed by atoms with Crippen LogP contribution < -0.4 is 4.72 Å². The molecule has 0 heterocycles. The molecule has 0 aliphatic heterocycles. The summed E-state index contributed by atoms with van der Waals surface area (Å²) in [6.07, 6.45) is 2.77.